The van der Waals surface area contributed by atoms with Gasteiger partial charge in [0.2, 0.25) is 0 Å². The van der Waals surface area contributed by atoms with E-state index >= 15 is 0 Å². The molecule has 2 aliphatic rings. The highest BCUT2D eigenvalue weighted by atomic mass is 35.5. The van der Waals surface area contributed by atoms with Gasteiger partial charge in [0.15, 0.2) is 0 Å². The summed E-state index contributed by atoms with van der Waals surface area (Å²) in [4.78, 5) is 0. The van der Waals surface area contributed by atoms with Crippen LogP contribution < -0.4 is 5.43 Å². The van der Waals surface area contributed by atoms with Crippen molar-refractivity contribution in [3.63, 3.8) is 0 Å². The van der Waals surface area contributed by atoms with Crippen LogP contribution in [0.5, 0.6) is 0 Å². The van der Waals surface area contributed by atoms with Crippen LogP contribution in [0.1, 0.15) is 25.7 Å². The van der Waals surface area contributed by atoms with Crippen LogP contribution in [0.25, 0.3) is 0 Å². The topological polar surface area (TPSA) is 24.5 Å². The van der Waals surface area contributed by atoms with Crippen molar-refractivity contribution in [3.05, 3.63) is 0 Å². The Morgan fingerprint density at radius 3 is 2.36 bits per heavy atom. The van der Waals surface area contributed by atoms with Gasteiger partial charge >= 0.3 is 0 Å². The third kappa shape index (κ3) is 4.32. The van der Waals surface area contributed by atoms with Crippen molar-refractivity contribution >= 4 is 24.8 Å². The molecular weight excluding hydrogens is 223 g/mol. The molecule has 0 aromatic heterocycles. The molecule has 1 unspecified atom stereocenters. The van der Waals surface area contributed by atoms with E-state index in [2.05, 4.69) is 10.4 Å². The van der Waals surface area contributed by atoms with Gasteiger partial charge in [-0.3, -0.25) is 0 Å². The highest BCUT2D eigenvalue weighted by Crippen LogP contribution is 2.09. The van der Waals surface area contributed by atoms with E-state index in [1.54, 1.807) is 0 Å². The summed E-state index contributed by atoms with van der Waals surface area (Å²) in [5.41, 5.74) is 3.53. The average molecular weight is 243 g/mol. The van der Waals surface area contributed by atoms with Gasteiger partial charge < -0.3 is 4.74 Å². The molecule has 86 valence electrons. The van der Waals surface area contributed by atoms with Crippen LogP contribution in [-0.2, 0) is 4.74 Å². The Morgan fingerprint density at radius 2 is 1.79 bits per heavy atom. The van der Waals surface area contributed by atoms with Gasteiger partial charge in [0.25, 0.3) is 0 Å². The van der Waals surface area contributed by atoms with Gasteiger partial charge in [-0.25, -0.2) is 10.4 Å². The number of hydrazine groups is 1. The number of nitrogens with zero attached hydrogens (tertiary/aromatic N) is 1. The molecule has 2 saturated heterocycles. The van der Waals surface area contributed by atoms with Crippen molar-refractivity contribution in [2.24, 2.45) is 0 Å². The molecule has 1 atom stereocenters. The molecular formula is C9H20Cl2N2O. The lowest BCUT2D eigenvalue weighted by molar-refractivity contribution is 0.0404. The monoisotopic (exact) mass is 242 g/mol. The molecule has 1 N–H and O–H groups in total. The molecule has 0 spiro atoms. The Kier molecular flexibility index (Phi) is 7.97. The predicted molar refractivity (Wildman–Crippen MR) is 62.3 cm³/mol. The van der Waals surface area contributed by atoms with E-state index in [0.29, 0.717) is 6.04 Å². The number of nitrogens with one attached hydrogen (secondary N) is 1. The molecule has 0 bridgehead atoms. The first kappa shape index (κ1) is 14.5. The van der Waals surface area contributed by atoms with Crippen LogP contribution in [-0.4, -0.2) is 37.4 Å². The number of hydrogen-bond acceptors (Lipinski definition) is 3. The summed E-state index contributed by atoms with van der Waals surface area (Å²) in [5, 5.41) is 2.35. The maximum atomic E-state index is 5.40. The summed E-state index contributed by atoms with van der Waals surface area (Å²) >= 11 is 0. The van der Waals surface area contributed by atoms with Crippen molar-refractivity contribution in [3.8, 4) is 0 Å². The van der Waals surface area contributed by atoms with Gasteiger partial charge in [0.1, 0.15) is 0 Å². The third-order valence-corrected chi connectivity index (χ3v) is 2.63. The Balaban J connectivity index is 0.000000845. The van der Waals surface area contributed by atoms with E-state index in [-0.39, 0.29) is 24.8 Å². The van der Waals surface area contributed by atoms with E-state index in [1.165, 1.54) is 38.8 Å². The first-order chi connectivity index (χ1) is 5.95. The number of halogens is 2. The van der Waals surface area contributed by atoms with E-state index in [1.807, 2.05) is 0 Å². The smallest absolute Gasteiger partial charge is 0.0633 e. The molecule has 0 aliphatic carbocycles. The molecule has 0 amide bonds. The second kappa shape index (κ2) is 7.71. The lowest BCUT2D eigenvalue weighted by atomic mass is 10.1. The van der Waals surface area contributed by atoms with Crippen LogP contribution in [0.15, 0.2) is 0 Å². The van der Waals surface area contributed by atoms with Crippen molar-refractivity contribution in [2.75, 3.05) is 26.3 Å². The summed E-state index contributed by atoms with van der Waals surface area (Å²) in [6.45, 7) is 4.29. The van der Waals surface area contributed by atoms with E-state index < -0.39 is 0 Å². The molecule has 0 radical (unpaired) electrons. The minimum Gasteiger partial charge on any atom is -0.380 e. The number of rotatable bonds is 2. The van der Waals surface area contributed by atoms with Crippen molar-refractivity contribution < 1.29 is 4.74 Å². The van der Waals surface area contributed by atoms with E-state index in [4.69, 9.17) is 4.74 Å². The zero-order valence-electron chi connectivity index (χ0n) is 8.41. The maximum Gasteiger partial charge on any atom is 0.0633 e. The number of hydrogen-bond donors (Lipinski definition) is 1. The maximum absolute atomic E-state index is 5.40. The van der Waals surface area contributed by atoms with Gasteiger partial charge in [0.05, 0.1) is 6.61 Å². The average Bonchev–Trinajstić information content (AvgIpc) is 2.59. The zero-order valence-corrected chi connectivity index (χ0v) is 10.0. The van der Waals surface area contributed by atoms with Crippen LogP contribution in [0.2, 0.25) is 0 Å². The molecule has 2 aliphatic heterocycles. The summed E-state index contributed by atoms with van der Waals surface area (Å²) in [6.07, 6.45) is 5.18. The molecule has 0 saturated carbocycles. The molecule has 0 aromatic carbocycles. The normalized spacial score (nSPS) is 27.9. The Morgan fingerprint density at radius 1 is 1.07 bits per heavy atom. The largest absolute Gasteiger partial charge is 0.380 e. The van der Waals surface area contributed by atoms with E-state index in [0.717, 1.165) is 13.2 Å². The predicted octanol–water partition coefficient (Wildman–Crippen LogP) is 1.61. The van der Waals surface area contributed by atoms with Gasteiger partial charge in [0, 0.05) is 25.7 Å². The van der Waals surface area contributed by atoms with Gasteiger partial charge in [-0.05, 0) is 25.7 Å². The van der Waals surface area contributed by atoms with E-state index in [9.17, 15) is 0 Å². The van der Waals surface area contributed by atoms with Crippen molar-refractivity contribution in [1.29, 1.82) is 0 Å². The number of ether oxygens (including phenoxy) is 1. The van der Waals surface area contributed by atoms with Gasteiger partial charge in [-0.15, -0.1) is 24.8 Å². The van der Waals surface area contributed by atoms with Gasteiger partial charge in [-0.2, -0.15) is 0 Å². The molecule has 3 nitrogen and oxygen atoms in total. The summed E-state index contributed by atoms with van der Waals surface area (Å²) in [6, 6.07) is 0.580. The highest BCUT2D eigenvalue weighted by Gasteiger charge is 2.18. The molecule has 5 heteroatoms. The lowest BCUT2D eigenvalue weighted by Crippen LogP contribution is -2.46. The Hall–Kier alpha value is 0.460. The van der Waals surface area contributed by atoms with Crippen LogP contribution in [0.4, 0.5) is 0 Å². The summed E-state index contributed by atoms with van der Waals surface area (Å²) in [7, 11) is 0. The van der Waals surface area contributed by atoms with Crippen LogP contribution in [0.3, 0.4) is 0 Å². The zero-order chi connectivity index (χ0) is 8.23. The summed E-state index contributed by atoms with van der Waals surface area (Å²) < 4.78 is 5.40. The fourth-order valence-electron chi connectivity index (χ4n) is 1.95. The van der Waals surface area contributed by atoms with Crippen molar-refractivity contribution in [1.82, 2.24) is 10.4 Å². The van der Waals surface area contributed by atoms with Crippen LogP contribution in [0, 0.1) is 0 Å². The second-order valence-electron chi connectivity index (χ2n) is 3.74. The SMILES string of the molecule is C1COCC(NN2CCCC2)C1.Cl.Cl. The molecule has 0 aromatic rings. The minimum absolute atomic E-state index is 0. The first-order valence-corrected chi connectivity index (χ1v) is 5.04. The Bertz CT molecular complexity index is 137. The quantitative estimate of drug-likeness (QED) is 0.797. The lowest BCUT2D eigenvalue weighted by Gasteiger charge is -2.28. The second-order valence-corrected chi connectivity index (χ2v) is 3.74. The highest BCUT2D eigenvalue weighted by molar-refractivity contribution is 5.85. The van der Waals surface area contributed by atoms with Gasteiger partial charge in [-0.1, -0.05) is 0 Å². The fourth-order valence-corrected chi connectivity index (χ4v) is 1.95. The van der Waals surface area contributed by atoms with Crippen LogP contribution >= 0.6 is 24.8 Å². The standard InChI is InChI=1S/C9H18N2O.2ClH/c1-2-6-11(5-1)10-9-4-3-7-12-8-9;;/h9-10H,1-8H2;2*1H. The molecule has 2 fully saturated rings. The minimum atomic E-state index is 0. The summed E-state index contributed by atoms with van der Waals surface area (Å²) in [5.74, 6) is 0. The third-order valence-electron chi connectivity index (χ3n) is 2.63. The first-order valence-electron chi connectivity index (χ1n) is 5.04. The fraction of sp³-hybridized carbons (Fsp3) is 1.00. The Labute approximate surface area is 98.3 Å². The molecule has 2 rings (SSSR count). The van der Waals surface area contributed by atoms with Crippen molar-refractivity contribution in [2.45, 2.75) is 31.7 Å². The molecule has 2 heterocycles. The molecule has 14 heavy (non-hydrogen) atoms.